The molecule has 0 aliphatic heterocycles. The molecule has 0 saturated heterocycles. The largest absolute Gasteiger partial charge is 0.370 e. The van der Waals surface area contributed by atoms with E-state index in [1.807, 2.05) is 20.2 Å². The van der Waals surface area contributed by atoms with Crippen LogP contribution in [-0.2, 0) is 19.6 Å². The van der Waals surface area contributed by atoms with Gasteiger partial charge in [-0.15, -0.1) is 0 Å². The number of carbonyl (C=O) groups is 1. The Labute approximate surface area is 241 Å². The summed E-state index contributed by atoms with van der Waals surface area (Å²) >= 11 is 12.1. The van der Waals surface area contributed by atoms with E-state index in [4.69, 9.17) is 27.9 Å². The standard InChI is InChI=1S/C28H38Cl2FN3O4S/c1-33(2)27(22-6-4-7-23(31)18-22)21-12-10-20(11-13-21)14-15-32-26(35)19-38-17-16-34(3)39(36,37)28-24(29)8-5-9-25(28)30/h4-9,18,20-21,27H,10-17,19H2,1-3H3,(H,32,35). The molecule has 1 unspecified atom stereocenters. The average molecular weight is 603 g/mol. The summed E-state index contributed by atoms with van der Waals surface area (Å²) in [4.78, 5) is 14.2. The number of ether oxygens (including phenoxy) is 1. The van der Waals surface area contributed by atoms with Crippen LogP contribution in [0.15, 0.2) is 47.4 Å². The summed E-state index contributed by atoms with van der Waals surface area (Å²) in [5.41, 5.74) is 1.02. The van der Waals surface area contributed by atoms with E-state index >= 15 is 0 Å². The van der Waals surface area contributed by atoms with Crippen molar-refractivity contribution in [1.29, 1.82) is 0 Å². The normalized spacial score (nSPS) is 18.9. The number of hydrogen-bond donors (Lipinski definition) is 1. The lowest BCUT2D eigenvalue weighted by atomic mass is 9.75. The highest BCUT2D eigenvalue weighted by Crippen LogP contribution is 2.40. The molecule has 216 valence electrons. The maximum atomic E-state index is 13.8. The molecule has 1 fully saturated rings. The molecular formula is C28H38Cl2FN3O4S. The van der Waals surface area contributed by atoms with Gasteiger partial charge in [-0.25, -0.2) is 12.8 Å². The number of nitrogens with one attached hydrogen (secondary N) is 1. The van der Waals surface area contributed by atoms with E-state index in [1.54, 1.807) is 18.2 Å². The highest BCUT2D eigenvalue weighted by Gasteiger charge is 2.30. The maximum absolute atomic E-state index is 13.8. The topological polar surface area (TPSA) is 79.0 Å². The second-order valence-corrected chi connectivity index (χ2v) is 13.1. The number of halogens is 3. The first kappa shape index (κ1) is 31.8. The fourth-order valence-electron chi connectivity index (χ4n) is 5.30. The minimum Gasteiger partial charge on any atom is -0.370 e. The number of nitrogens with zero attached hydrogens (tertiary/aromatic N) is 2. The molecule has 7 nitrogen and oxygen atoms in total. The number of hydrogen-bond acceptors (Lipinski definition) is 5. The van der Waals surface area contributed by atoms with E-state index in [2.05, 4.69) is 10.2 Å². The van der Waals surface area contributed by atoms with Gasteiger partial charge in [0.25, 0.3) is 0 Å². The number of carbonyl (C=O) groups excluding carboxylic acids is 1. The molecule has 2 aromatic rings. The van der Waals surface area contributed by atoms with Crippen LogP contribution in [0.3, 0.4) is 0 Å². The molecule has 1 saturated carbocycles. The van der Waals surface area contributed by atoms with Crippen LogP contribution < -0.4 is 5.32 Å². The molecule has 1 amide bonds. The van der Waals surface area contributed by atoms with E-state index in [1.165, 1.54) is 25.2 Å². The van der Waals surface area contributed by atoms with Crippen molar-refractivity contribution in [2.45, 2.75) is 43.0 Å². The Morgan fingerprint density at radius 1 is 1.08 bits per heavy atom. The fraction of sp³-hybridized carbons (Fsp3) is 0.536. The third-order valence-corrected chi connectivity index (χ3v) is 10.1. The molecule has 3 rings (SSSR count). The first-order valence-corrected chi connectivity index (χ1v) is 15.4. The molecule has 0 aromatic heterocycles. The number of amides is 1. The maximum Gasteiger partial charge on any atom is 0.245 e. The lowest BCUT2D eigenvalue weighted by Crippen LogP contribution is -2.34. The number of likely N-dealkylation sites (N-methyl/N-ethyl adjacent to an activating group) is 1. The molecule has 39 heavy (non-hydrogen) atoms. The molecule has 1 aliphatic rings. The Balaban J connectivity index is 1.34. The smallest absolute Gasteiger partial charge is 0.245 e. The molecule has 1 atom stereocenters. The fourth-order valence-corrected chi connectivity index (χ4v) is 7.54. The lowest BCUT2D eigenvalue weighted by molar-refractivity contribution is -0.125. The molecule has 0 spiro atoms. The Morgan fingerprint density at radius 2 is 1.72 bits per heavy atom. The third kappa shape index (κ3) is 8.87. The van der Waals surface area contributed by atoms with Gasteiger partial charge < -0.3 is 15.0 Å². The van der Waals surface area contributed by atoms with Gasteiger partial charge in [0, 0.05) is 26.2 Å². The number of sulfonamides is 1. The summed E-state index contributed by atoms with van der Waals surface area (Å²) in [6.07, 6.45) is 5.18. The van der Waals surface area contributed by atoms with E-state index in [0.29, 0.717) is 18.4 Å². The SMILES string of the molecule is CN(C)C(c1cccc(F)c1)C1CCC(CCNC(=O)COCCN(C)S(=O)(=O)c2c(Cl)cccc2Cl)CC1. The van der Waals surface area contributed by atoms with Gasteiger partial charge in [0.15, 0.2) is 0 Å². The molecule has 0 radical (unpaired) electrons. The monoisotopic (exact) mass is 601 g/mol. The van der Waals surface area contributed by atoms with Crippen molar-refractivity contribution in [2.75, 3.05) is 47.4 Å². The third-order valence-electron chi connectivity index (χ3n) is 7.33. The predicted octanol–water partition coefficient (Wildman–Crippen LogP) is 5.39. The van der Waals surface area contributed by atoms with Crippen LogP contribution in [0.5, 0.6) is 0 Å². The van der Waals surface area contributed by atoms with Crippen LogP contribution >= 0.6 is 23.2 Å². The summed E-state index contributed by atoms with van der Waals surface area (Å²) in [5.74, 6) is 0.569. The van der Waals surface area contributed by atoms with Crippen molar-refractivity contribution in [3.05, 3.63) is 63.9 Å². The summed E-state index contributed by atoms with van der Waals surface area (Å²) in [7, 11) is 1.61. The second-order valence-electron chi connectivity index (χ2n) is 10.3. The van der Waals surface area contributed by atoms with Gasteiger partial charge in [0.1, 0.15) is 17.3 Å². The zero-order valence-electron chi connectivity index (χ0n) is 22.7. The molecule has 1 N–H and O–H groups in total. The Bertz CT molecular complexity index is 1190. The quantitative estimate of drug-likeness (QED) is 0.312. The lowest BCUT2D eigenvalue weighted by Gasteiger charge is -2.37. The zero-order chi connectivity index (χ0) is 28.6. The van der Waals surface area contributed by atoms with Crippen molar-refractivity contribution in [1.82, 2.24) is 14.5 Å². The van der Waals surface area contributed by atoms with Gasteiger partial charge in [0.2, 0.25) is 15.9 Å². The molecule has 0 bridgehead atoms. The van der Waals surface area contributed by atoms with Crippen molar-refractivity contribution in [3.63, 3.8) is 0 Å². The van der Waals surface area contributed by atoms with Gasteiger partial charge in [-0.05, 0) is 75.0 Å². The second kappa shape index (κ2) is 14.8. The van der Waals surface area contributed by atoms with Crippen LogP contribution in [0.2, 0.25) is 10.0 Å². The minimum absolute atomic E-state index is 0.0456. The molecule has 1 aliphatic carbocycles. The average Bonchev–Trinajstić information content (AvgIpc) is 2.87. The highest BCUT2D eigenvalue weighted by atomic mass is 35.5. The van der Waals surface area contributed by atoms with Gasteiger partial charge in [0.05, 0.1) is 16.7 Å². The van der Waals surface area contributed by atoms with Crippen LogP contribution in [0.4, 0.5) is 4.39 Å². The van der Waals surface area contributed by atoms with Gasteiger partial charge in [-0.3, -0.25) is 4.79 Å². The van der Waals surface area contributed by atoms with Gasteiger partial charge in [-0.1, -0.05) is 54.2 Å². The van der Waals surface area contributed by atoms with E-state index in [9.17, 15) is 17.6 Å². The Hall–Kier alpha value is -1.75. The van der Waals surface area contributed by atoms with Gasteiger partial charge in [-0.2, -0.15) is 4.31 Å². The summed E-state index contributed by atoms with van der Waals surface area (Å²) in [6, 6.07) is 11.6. The summed E-state index contributed by atoms with van der Waals surface area (Å²) in [5, 5.41) is 2.99. The first-order valence-electron chi connectivity index (χ1n) is 13.2. The molecule has 0 heterocycles. The first-order chi connectivity index (χ1) is 18.5. The van der Waals surface area contributed by atoms with E-state index in [-0.39, 0.29) is 52.5 Å². The van der Waals surface area contributed by atoms with Crippen molar-refractivity contribution in [3.8, 4) is 0 Å². The summed E-state index contributed by atoms with van der Waals surface area (Å²) < 4.78 is 45.8. The van der Waals surface area contributed by atoms with Gasteiger partial charge >= 0.3 is 0 Å². The van der Waals surface area contributed by atoms with Crippen LogP contribution in [0.25, 0.3) is 0 Å². The molecular weight excluding hydrogens is 564 g/mol. The number of rotatable bonds is 13. The minimum atomic E-state index is -3.89. The Kier molecular flexibility index (Phi) is 12.0. The Morgan fingerprint density at radius 3 is 2.33 bits per heavy atom. The molecule has 2 aromatic carbocycles. The highest BCUT2D eigenvalue weighted by molar-refractivity contribution is 7.89. The number of benzene rings is 2. The van der Waals surface area contributed by atoms with E-state index in [0.717, 1.165) is 42.0 Å². The van der Waals surface area contributed by atoms with Crippen LogP contribution in [-0.4, -0.2) is 71.0 Å². The zero-order valence-corrected chi connectivity index (χ0v) is 25.0. The van der Waals surface area contributed by atoms with Crippen molar-refractivity contribution >= 4 is 39.1 Å². The summed E-state index contributed by atoms with van der Waals surface area (Å²) in [6.45, 7) is 0.515. The molecule has 11 heteroatoms. The predicted molar refractivity (Wildman–Crippen MR) is 153 cm³/mol. The van der Waals surface area contributed by atoms with Crippen LogP contribution in [0.1, 0.15) is 43.7 Å². The van der Waals surface area contributed by atoms with Crippen molar-refractivity contribution in [2.24, 2.45) is 11.8 Å². The van der Waals surface area contributed by atoms with Crippen molar-refractivity contribution < 1.29 is 22.3 Å². The van der Waals surface area contributed by atoms with Crippen LogP contribution in [0, 0.1) is 17.7 Å². The van der Waals surface area contributed by atoms with E-state index < -0.39 is 10.0 Å².